The molecule has 1 atom stereocenters. The molecular weight excluding hydrogens is 368 g/mol. The average Bonchev–Trinajstić information content (AvgIpc) is 2.78. The zero-order valence-corrected chi connectivity index (χ0v) is 16.3. The molecule has 1 unspecified atom stereocenters. The van der Waals surface area contributed by atoms with E-state index >= 15 is 0 Å². The lowest BCUT2D eigenvalue weighted by molar-refractivity contribution is -0.142. The second kappa shape index (κ2) is 9.50. The number of pyridine rings is 1. The van der Waals surface area contributed by atoms with Crippen LogP contribution in [0.5, 0.6) is 5.75 Å². The SMILES string of the molecule is COC(=O)C(C)NC(=O)c1ccc(COc2cccnc2)cc1-c1ccccc1. The van der Waals surface area contributed by atoms with Gasteiger partial charge < -0.3 is 14.8 Å². The van der Waals surface area contributed by atoms with Crippen LogP contribution in [0.25, 0.3) is 11.1 Å². The van der Waals surface area contributed by atoms with E-state index in [1.165, 1.54) is 7.11 Å². The maximum absolute atomic E-state index is 12.8. The number of aromatic nitrogens is 1. The summed E-state index contributed by atoms with van der Waals surface area (Å²) in [7, 11) is 1.29. The summed E-state index contributed by atoms with van der Waals surface area (Å²) in [6, 6.07) is 18.0. The first kappa shape index (κ1) is 20.1. The molecule has 0 saturated heterocycles. The lowest BCUT2D eigenvalue weighted by Gasteiger charge is -2.15. The van der Waals surface area contributed by atoms with Crippen molar-refractivity contribution >= 4 is 11.9 Å². The Morgan fingerprint density at radius 1 is 1.07 bits per heavy atom. The molecule has 148 valence electrons. The number of carbonyl (C=O) groups excluding carboxylic acids is 2. The van der Waals surface area contributed by atoms with Crippen LogP contribution in [-0.4, -0.2) is 30.0 Å². The van der Waals surface area contributed by atoms with Gasteiger partial charge in [-0.3, -0.25) is 9.78 Å². The summed E-state index contributed by atoms with van der Waals surface area (Å²) in [6.07, 6.45) is 3.33. The van der Waals surface area contributed by atoms with E-state index in [2.05, 4.69) is 15.0 Å². The molecule has 1 N–H and O–H groups in total. The first-order chi connectivity index (χ1) is 14.1. The van der Waals surface area contributed by atoms with Gasteiger partial charge in [-0.1, -0.05) is 36.4 Å². The van der Waals surface area contributed by atoms with Crippen LogP contribution in [0.2, 0.25) is 0 Å². The first-order valence-electron chi connectivity index (χ1n) is 9.18. The summed E-state index contributed by atoms with van der Waals surface area (Å²) in [5, 5.41) is 2.68. The molecule has 0 saturated carbocycles. The minimum Gasteiger partial charge on any atom is -0.487 e. The van der Waals surface area contributed by atoms with Crippen molar-refractivity contribution in [3.8, 4) is 16.9 Å². The number of methoxy groups -OCH3 is 1. The number of nitrogens with zero attached hydrogens (tertiary/aromatic N) is 1. The van der Waals surface area contributed by atoms with Gasteiger partial charge in [-0.2, -0.15) is 0 Å². The van der Waals surface area contributed by atoms with E-state index in [0.29, 0.717) is 17.9 Å². The van der Waals surface area contributed by atoms with Crippen molar-refractivity contribution in [2.75, 3.05) is 7.11 Å². The van der Waals surface area contributed by atoms with E-state index in [9.17, 15) is 9.59 Å². The summed E-state index contributed by atoms with van der Waals surface area (Å²) >= 11 is 0. The summed E-state index contributed by atoms with van der Waals surface area (Å²) in [5.41, 5.74) is 3.03. The second-order valence-corrected chi connectivity index (χ2v) is 6.44. The molecule has 1 heterocycles. The van der Waals surface area contributed by atoms with Gasteiger partial charge in [-0.25, -0.2) is 4.79 Å². The van der Waals surface area contributed by atoms with Crippen molar-refractivity contribution in [2.24, 2.45) is 0 Å². The maximum atomic E-state index is 12.8. The van der Waals surface area contributed by atoms with Gasteiger partial charge in [0, 0.05) is 11.8 Å². The Bertz CT molecular complexity index is 975. The normalized spacial score (nSPS) is 11.4. The van der Waals surface area contributed by atoms with Gasteiger partial charge in [0.25, 0.3) is 5.91 Å². The number of ether oxygens (including phenoxy) is 2. The Labute approximate surface area is 169 Å². The number of hydrogen-bond donors (Lipinski definition) is 1. The number of carbonyl (C=O) groups is 2. The molecule has 0 spiro atoms. The molecular formula is C23H22N2O4. The summed E-state index contributed by atoms with van der Waals surface area (Å²) in [4.78, 5) is 28.5. The molecule has 29 heavy (non-hydrogen) atoms. The molecule has 3 rings (SSSR count). The largest absolute Gasteiger partial charge is 0.487 e. The lowest BCUT2D eigenvalue weighted by Crippen LogP contribution is -2.39. The zero-order chi connectivity index (χ0) is 20.6. The van der Waals surface area contributed by atoms with Crippen LogP contribution < -0.4 is 10.1 Å². The molecule has 0 bridgehead atoms. The van der Waals surface area contributed by atoms with E-state index in [4.69, 9.17) is 4.74 Å². The first-order valence-corrected chi connectivity index (χ1v) is 9.18. The fourth-order valence-electron chi connectivity index (χ4n) is 2.84. The molecule has 3 aromatic rings. The number of esters is 1. The second-order valence-electron chi connectivity index (χ2n) is 6.44. The van der Waals surface area contributed by atoms with Gasteiger partial charge in [-0.15, -0.1) is 0 Å². The van der Waals surface area contributed by atoms with Crippen LogP contribution in [0, 0.1) is 0 Å². The van der Waals surface area contributed by atoms with Crippen LogP contribution in [-0.2, 0) is 16.1 Å². The van der Waals surface area contributed by atoms with Crippen molar-refractivity contribution in [2.45, 2.75) is 19.6 Å². The van der Waals surface area contributed by atoms with Crippen LogP contribution >= 0.6 is 0 Å². The fraction of sp³-hybridized carbons (Fsp3) is 0.174. The zero-order valence-electron chi connectivity index (χ0n) is 16.3. The van der Waals surface area contributed by atoms with Crippen LogP contribution in [0.3, 0.4) is 0 Å². The quantitative estimate of drug-likeness (QED) is 0.624. The monoisotopic (exact) mass is 390 g/mol. The molecule has 0 aliphatic rings. The summed E-state index contributed by atoms with van der Waals surface area (Å²) < 4.78 is 10.5. The Morgan fingerprint density at radius 3 is 2.55 bits per heavy atom. The van der Waals surface area contributed by atoms with E-state index < -0.39 is 12.0 Å². The Hall–Kier alpha value is -3.67. The molecule has 1 amide bonds. The van der Waals surface area contributed by atoms with Crippen molar-refractivity contribution in [1.82, 2.24) is 10.3 Å². The third-order valence-electron chi connectivity index (χ3n) is 4.36. The van der Waals surface area contributed by atoms with Gasteiger partial charge in [0.05, 0.1) is 13.3 Å². The van der Waals surface area contributed by atoms with E-state index in [0.717, 1.165) is 16.7 Å². The standard InChI is InChI=1S/C23H22N2O4/c1-16(23(27)28-2)25-22(26)20-11-10-17(15-29-19-9-6-12-24-14-19)13-21(20)18-7-4-3-5-8-18/h3-14,16H,15H2,1-2H3,(H,25,26). The van der Waals surface area contributed by atoms with Gasteiger partial charge in [0.1, 0.15) is 18.4 Å². The van der Waals surface area contributed by atoms with E-state index in [-0.39, 0.29) is 5.91 Å². The highest BCUT2D eigenvalue weighted by Crippen LogP contribution is 2.26. The summed E-state index contributed by atoms with van der Waals surface area (Å²) in [5.74, 6) is -0.176. The average molecular weight is 390 g/mol. The van der Waals surface area contributed by atoms with Crippen molar-refractivity contribution in [3.05, 3.63) is 84.2 Å². The smallest absolute Gasteiger partial charge is 0.328 e. The highest BCUT2D eigenvalue weighted by atomic mass is 16.5. The number of benzene rings is 2. The van der Waals surface area contributed by atoms with Gasteiger partial charge in [-0.05, 0) is 47.9 Å². The predicted octanol–water partition coefficient (Wildman–Crippen LogP) is 3.62. The van der Waals surface area contributed by atoms with E-state index in [1.807, 2.05) is 48.5 Å². The van der Waals surface area contributed by atoms with Crippen LogP contribution in [0.15, 0.2) is 73.1 Å². The molecule has 6 nitrogen and oxygen atoms in total. The molecule has 0 aliphatic heterocycles. The van der Waals surface area contributed by atoms with E-state index in [1.54, 1.807) is 31.5 Å². The van der Waals surface area contributed by atoms with Crippen molar-refractivity contribution in [1.29, 1.82) is 0 Å². The van der Waals surface area contributed by atoms with Crippen molar-refractivity contribution in [3.63, 3.8) is 0 Å². The Morgan fingerprint density at radius 2 is 1.86 bits per heavy atom. The lowest BCUT2D eigenvalue weighted by atomic mass is 9.96. The fourth-order valence-corrected chi connectivity index (χ4v) is 2.84. The molecule has 1 aromatic heterocycles. The third-order valence-corrected chi connectivity index (χ3v) is 4.36. The number of nitrogens with one attached hydrogen (secondary N) is 1. The predicted molar refractivity (Wildman–Crippen MR) is 109 cm³/mol. The molecule has 0 aliphatic carbocycles. The number of amides is 1. The number of rotatable bonds is 7. The third kappa shape index (κ3) is 5.19. The van der Waals surface area contributed by atoms with Gasteiger partial charge >= 0.3 is 5.97 Å². The van der Waals surface area contributed by atoms with Crippen LogP contribution in [0.4, 0.5) is 0 Å². The Balaban J connectivity index is 1.87. The number of hydrogen-bond acceptors (Lipinski definition) is 5. The minimum absolute atomic E-state index is 0.339. The molecule has 6 heteroatoms. The topological polar surface area (TPSA) is 77.5 Å². The molecule has 0 fully saturated rings. The van der Waals surface area contributed by atoms with Crippen LogP contribution in [0.1, 0.15) is 22.8 Å². The summed E-state index contributed by atoms with van der Waals surface area (Å²) in [6.45, 7) is 1.92. The minimum atomic E-state index is -0.746. The highest BCUT2D eigenvalue weighted by Gasteiger charge is 2.20. The van der Waals surface area contributed by atoms with Gasteiger partial charge in [0.15, 0.2) is 0 Å². The highest BCUT2D eigenvalue weighted by molar-refractivity contribution is 6.02. The van der Waals surface area contributed by atoms with Gasteiger partial charge in [0.2, 0.25) is 0 Å². The van der Waals surface area contributed by atoms with Crippen molar-refractivity contribution < 1.29 is 19.1 Å². The molecule has 0 radical (unpaired) electrons. The maximum Gasteiger partial charge on any atom is 0.328 e. The Kier molecular flexibility index (Phi) is 6.58. The molecule has 2 aromatic carbocycles.